The van der Waals surface area contributed by atoms with Crippen molar-refractivity contribution in [1.82, 2.24) is 4.90 Å². The van der Waals surface area contributed by atoms with Gasteiger partial charge in [-0.25, -0.2) is 0 Å². The third kappa shape index (κ3) is 3.89. The molecular formula is C19H27N3O3. The Bertz CT molecular complexity index is 641. The van der Waals surface area contributed by atoms with Gasteiger partial charge in [0.05, 0.1) is 12.8 Å². The third-order valence-electron chi connectivity index (χ3n) is 5.33. The van der Waals surface area contributed by atoms with Gasteiger partial charge in [-0.1, -0.05) is 12.8 Å². The number of nitrogen functional groups attached to an aromatic ring is 1. The topological polar surface area (TPSA) is 84.7 Å². The fourth-order valence-corrected chi connectivity index (χ4v) is 3.96. The van der Waals surface area contributed by atoms with Gasteiger partial charge >= 0.3 is 0 Å². The van der Waals surface area contributed by atoms with E-state index >= 15 is 0 Å². The molecule has 25 heavy (non-hydrogen) atoms. The highest BCUT2D eigenvalue weighted by Crippen LogP contribution is 2.34. The summed E-state index contributed by atoms with van der Waals surface area (Å²) in [5, 5.41) is 2.93. The Morgan fingerprint density at radius 3 is 2.44 bits per heavy atom. The number of methoxy groups -OCH3 is 1. The number of nitrogens with two attached hydrogens (primary N) is 1. The molecule has 1 aliphatic heterocycles. The molecule has 6 heteroatoms. The average Bonchev–Trinajstić information content (AvgIpc) is 3.16. The minimum atomic E-state index is -0.259. The van der Waals surface area contributed by atoms with Crippen LogP contribution >= 0.6 is 0 Å². The van der Waals surface area contributed by atoms with Crippen LogP contribution in [0.15, 0.2) is 18.2 Å². The lowest BCUT2D eigenvalue weighted by Gasteiger charge is -2.32. The Morgan fingerprint density at radius 2 is 1.80 bits per heavy atom. The van der Waals surface area contributed by atoms with Gasteiger partial charge in [-0.05, 0) is 43.9 Å². The van der Waals surface area contributed by atoms with Crippen LogP contribution in [0.4, 0.5) is 11.4 Å². The minimum Gasteiger partial charge on any atom is -0.495 e. The van der Waals surface area contributed by atoms with E-state index < -0.39 is 0 Å². The van der Waals surface area contributed by atoms with E-state index in [1.165, 1.54) is 0 Å². The monoisotopic (exact) mass is 345 g/mol. The number of ether oxygens (including phenoxy) is 1. The van der Waals surface area contributed by atoms with Gasteiger partial charge in [-0.3, -0.25) is 9.59 Å². The van der Waals surface area contributed by atoms with E-state index in [2.05, 4.69) is 5.32 Å². The summed E-state index contributed by atoms with van der Waals surface area (Å²) in [6, 6.07) is 5.20. The van der Waals surface area contributed by atoms with Gasteiger partial charge in [0.2, 0.25) is 11.8 Å². The molecule has 2 unspecified atom stereocenters. The molecule has 136 valence electrons. The highest BCUT2D eigenvalue weighted by Gasteiger charge is 2.38. The predicted octanol–water partition coefficient (Wildman–Crippen LogP) is 2.64. The van der Waals surface area contributed by atoms with Crippen LogP contribution in [0, 0.1) is 11.8 Å². The van der Waals surface area contributed by atoms with E-state index in [1.807, 2.05) is 4.90 Å². The molecule has 2 atom stereocenters. The van der Waals surface area contributed by atoms with Gasteiger partial charge in [0.15, 0.2) is 0 Å². The second-order valence-electron chi connectivity index (χ2n) is 6.98. The second kappa shape index (κ2) is 7.76. The largest absolute Gasteiger partial charge is 0.495 e. The maximum atomic E-state index is 12.8. The first-order valence-corrected chi connectivity index (χ1v) is 9.13. The molecule has 3 rings (SSSR count). The van der Waals surface area contributed by atoms with Gasteiger partial charge < -0.3 is 20.7 Å². The van der Waals surface area contributed by atoms with E-state index in [0.29, 0.717) is 17.1 Å². The van der Waals surface area contributed by atoms with E-state index in [0.717, 1.165) is 51.6 Å². The van der Waals surface area contributed by atoms with Crippen LogP contribution in [-0.4, -0.2) is 36.9 Å². The Labute approximate surface area is 148 Å². The fraction of sp³-hybridized carbons (Fsp3) is 0.579. The molecule has 6 nitrogen and oxygen atoms in total. The van der Waals surface area contributed by atoms with Gasteiger partial charge in [0.25, 0.3) is 0 Å². The lowest BCUT2D eigenvalue weighted by molar-refractivity contribution is -0.141. The first-order valence-electron chi connectivity index (χ1n) is 9.13. The Kier molecular flexibility index (Phi) is 5.46. The smallest absolute Gasteiger partial charge is 0.228 e. The van der Waals surface area contributed by atoms with Crippen molar-refractivity contribution < 1.29 is 14.3 Å². The number of nitrogens with one attached hydrogen (secondary N) is 1. The number of nitrogens with zero attached hydrogens (tertiary/aromatic N) is 1. The van der Waals surface area contributed by atoms with Gasteiger partial charge in [0, 0.05) is 30.6 Å². The van der Waals surface area contributed by atoms with Gasteiger partial charge in [-0.2, -0.15) is 0 Å². The molecule has 0 aromatic heterocycles. The normalized spacial score (nSPS) is 23.3. The molecule has 0 radical (unpaired) electrons. The van der Waals surface area contributed by atoms with Crippen LogP contribution in [0.2, 0.25) is 0 Å². The van der Waals surface area contributed by atoms with Crippen LogP contribution in [0.3, 0.4) is 0 Å². The highest BCUT2D eigenvalue weighted by atomic mass is 16.5. The van der Waals surface area contributed by atoms with Crippen LogP contribution in [0.1, 0.15) is 38.5 Å². The number of likely N-dealkylation sites (tertiary alicyclic amines) is 1. The summed E-state index contributed by atoms with van der Waals surface area (Å²) in [6.07, 6.45) is 5.72. The van der Waals surface area contributed by atoms with Crippen molar-refractivity contribution in [3.8, 4) is 5.75 Å². The molecular weight excluding hydrogens is 318 g/mol. The van der Waals surface area contributed by atoms with Gasteiger partial charge in [-0.15, -0.1) is 0 Å². The quantitative estimate of drug-likeness (QED) is 0.822. The Morgan fingerprint density at radius 1 is 1.12 bits per heavy atom. The Balaban J connectivity index is 1.70. The summed E-state index contributed by atoms with van der Waals surface area (Å²) in [5.41, 5.74) is 7.03. The summed E-state index contributed by atoms with van der Waals surface area (Å²) in [5.74, 6) is 0.207. The molecule has 2 aliphatic rings. The fourth-order valence-electron chi connectivity index (χ4n) is 3.96. The lowest BCUT2D eigenvalue weighted by atomic mass is 9.77. The second-order valence-corrected chi connectivity index (χ2v) is 6.98. The van der Waals surface area contributed by atoms with E-state index in [4.69, 9.17) is 10.5 Å². The van der Waals surface area contributed by atoms with Crippen molar-refractivity contribution in [3.05, 3.63) is 18.2 Å². The summed E-state index contributed by atoms with van der Waals surface area (Å²) >= 11 is 0. The number of carbonyl (C=O) groups is 2. The number of amides is 2. The van der Waals surface area contributed by atoms with Gasteiger partial charge in [0.1, 0.15) is 5.75 Å². The molecule has 1 aliphatic carbocycles. The van der Waals surface area contributed by atoms with Crippen LogP contribution in [0.25, 0.3) is 0 Å². The van der Waals surface area contributed by atoms with Crippen molar-refractivity contribution in [2.45, 2.75) is 38.5 Å². The molecule has 0 bridgehead atoms. The number of anilines is 2. The van der Waals surface area contributed by atoms with Crippen molar-refractivity contribution in [2.24, 2.45) is 11.8 Å². The standard InChI is InChI=1S/C19H27N3O3/c1-25-17-9-8-13(12-16(17)20)21-18(23)14-6-2-3-7-15(14)19(24)22-10-4-5-11-22/h8-9,12,14-15H,2-7,10-11,20H2,1H3,(H,21,23). The summed E-state index contributed by atoms with van der Waals surface area (Å²) in [4.78, 5) is 27.6. The van der Waals surface area contributed by atoms with E-state index in [9.17, 15) is 9.59 Å². The number of hydrogen-bond acceptors (Lipinski definition) is 4. The predicted molar refractivity (Wildman–Crippen MR) is 97.3 cm³/mol. The molecule has 1 saturated carbocycles. The molecule has 1 aromatic carbocycles. The number of hydrogen-bond donors (Lipinski definition) is 2. The minimum absolute atomic E-state index is 0.0817. The Hall–Kier alpha value is -2.24. The molecule has 1 aromatic rings. The van der Waals surface area contributed by atoms with E-state index in [1.54, 1.807) is 25.3 Å². The average molecular weight is 345 g/mol. The number of benzene rings is 1. The maximum absolute atomic E-state index is 12.8. The molecule has 3 N–H and O–H groups in total. The zero-order valence-corrected chi connectivity index (χ0v) is 14.8. The van der Waals surface area contributed by atoms with Crippen molar-refractivity contribution in [2.75, 3.05) is 31.2 Å². The summed E-state index contributed by atoms with van der Waals surface area (Å²) in [7, 11) is 1.56. The first-order chi connectivity index (χ1) is 12.1. The molecule has 1 heterocycles. The SMILES string of the molecule is COc1ccc(NC(=O)C2CCCCC2C(=O)N2CCCC2)cc1N. The van der Waals surface area contributed by atoms with Crippen LogP contribution in [-0.2, 0) is 9.59 Å². The maximum Gasteiger partial charge on any atom is 0.228 e. The summed E-state index contributed by atoms with van der Waals surface area (Å²) < 4.78 is 5.14. The lowest BCUT2D eigenvalue weighted by Crippen LogP contribution is -2.42. The van der Waals surface area contributed by atoms with Crippen molar-refractivity contribution in [3.63, 3.8) is 0 Å². The van der Waals surface area contributed by atoms with Crippen LogP contribution in [0.5, 0.6) is 5.75 Å². The van der Waals surface area contributed by atoms with Crippen LogP contribution < -0.4 is 15.8 Å². The first kappa shape index (κ1) is 17.6. The zero-order chi connectivity index (χ0) is 17.8. The molecule has 2 amide bonds. The highest BCUT2D eigenvalue weighted by molar-refractivity contribution is 5.96. The van der Waals surface area contributed by atoms with Crippen molar-refractivity contribution >= 4 is 23.2 Å². The molecule has 2 fully saturated rings. The molecule has 0 spiro atoms. The van der Waals surface area contributed by atoms with Crippen molar-refractivity contribution in [1.29, 1.82) is 0 Å². The zero-order valence-electron chi connectivity index (χ0n) is 14.8. The molecule has 1 saturated heterocycles. The number of rotatable bonds is 4. The third-order valence-corrected chi connectivity index (χ3v) is 5.33. The number of carbonyl (C=O) groups excluding carboxylic acids is 2. The van der Waals surface area contributed by atoms with E-state index in [-0.39, 0.29) is 23.7 Å². The summed E-state index contributed by atoms with van der Waals surface area (Å²) in [6.45, 7) is 1.66.